The highest BCUT2D eigenvalue weighted by molar-refractivity contribution is 9.10. The van der Waals surface area contributed by atoms with Crippen LogP contribution in [-0.4, -0.2) is 32.2 Å². The number of halogens is 1. The van der Waals surface area contributed by atoms with Crippen molar-refractivity contribution in [1.29, 1.82) is 0 Å². The van der Waals surface area contributed by atoms with E-state index in [1.54, 1.807) is 0 Å². The molecule has 1 amide bonds. The molecule has 100 valence electrons. The number of nitrogens with one attached hydrogen (secondary N) is 1. The van der Waals surface area contributed by atoms with Crippen molar-refractivity contribution in [2.75, 3.05) is 0 Å². The molecule has 1 aromatic heterocycles. The fourth-order valence-electron chi connectivity index (χ4n) is 1.38. The van der Waals surface area contributed by atoms with Gasteiger partial charge in [0.1, 0.15) is 0 Å². The van der Waals surface area contributed by atoms with E-state index in [0.717, 1.165) is 16.6 Å². The highest BCUT2D eigenvalue weighted by atomic mass is 79.9. The number of nitrogens with zero attached hydrogens (tertiary/aromatic N) is 4. The van der Waals surface area contributed by atoms with Crippen molar-refractivity contribution < 1.29 is 4.79 Å². The Hall–Kier alpha value is -1.76. The first kappa shape index (κ1) is 13.7. The van der Waals surface area contributed by atoms with Gasteiger partial charge in [-0.25, -0.2) is 0 Å². The van der Waals surface area contributed by atoms with Gasteiger partial charge < -0.3 is 5.32 Å². The van der Waals surface area contributed by atoms with Gasteiger partial charge in [0.15, 0.2) is 0 Å². The number of rotatable bonds is 4. The number of hydrogen-bond donors (Lipinski definition) is 1. The number of aromatic nitrogens is 4. The van der Waals surface area contributed by atoms with Gasteiger partial charge in [0.05, 0.1) is 5.69 Å². The zero-order valence-electron chi connectivity index (χ0n) is 10.7. The van der Waals surface area contributed by atoms with Gasteiger partial charge in [-0.1, -0.05) is 22.9 Å². The lowest BCUT2D eigenvalue weighted by Gasteiger charge is -2.08. The molecule has 0 aliphatic carbocycles. The second kappa shape index (κ2) is 5.92. The Balaban J connectivity index is 2.15. The minimum Gasteiger partial charge on any atom is -0.347 e. The van der Waals surface area contributed by atoms with Crippen LogP contribution in [0.4, 0.5) is 0 Å². The molecule has 0 aliphatic heterocycles. The zero-order valence-corrected chi connectivity index (χ0v) is 12.3. The summed E-state index contributed by atoms with van der Waals surface area (Å²) in [5.41, 5.74) is 0.748. The predicted octanol–water partition coefficient (Wildman–Crippen LogP) is 1.95. The smallest absolute Gasteiger partial charge is 0.293 e. The molecule has 0 saturated carbocycles. The summed E-state index contributed by atoms with van der Waals surface area (Å²) < 4.78 is 0.964. The largest absolute Gasteiger partial charge is 0.347 e. The summed E-state index contributed by atoms with van der Waals surface area (Å²) in [6.45, 7) is 3.92. The molecule has 0 bridgehead atoms. The van der Waals surface area contributed by atoms with Gasteiger partial charge in [-0.05, 0) is 42.8 Å². The van der Waals surface area contributed by atoms with Crippen LogP contribution < -0.4 is 5.32 Å². The maximum atomic E-state index is 11.8. The maximum Gasteiger partial charge on any atom is 0.293 e. The van der Waals surface area contributed by atoms with E-state index in [-0.39, 0.29) is 17.8 Å². The molecule has 19 heavy (non-hydrogen) atoms. The Morgan fingerprint density at radius 3 is 2.74 bits per heavy atom. The number of benzene rings is 1. The van der Waals surface area contributed by atoms with Gasteiger partial charge in [-0.3, -0.25) is 4.79 Å². The standard InChI is InChI=1S/C12H14BrN5O/c1-3-8(2)14-12(19)11-15-17-18(16-11)10-6-4-9(13)5-7-10/h4-8H,3H2,1-2H3,(H,14,19)/t8-/m0/s1. The summed E-state index contributed by atoms with van der Waals surface area (Å²) in [6.07, 6.45) is 0.854. The molecule has 0 fully saturated rings. The molecule has 0 radical (unpaired) electrons. The van der Waals surface area contributed by atoms with Crippen molar-refractivity contribution in [3.05, 3.63) is 34.6 Å². The van der Waals surface area contributed by atoms with Crippen LogP contribution >= 0.6 is 15.9 Å². The monoisotopic (exact) mass is 323 g/mol. The maximum absolute atomic E-state index is 11.8. The molecular weight excluding hydrogens is 310 g/mol. The molecule has 2 aromatic rings. The summed E-state index contributed by atoms with van der Waals surface area (Å²) in [6, 6.07) is 7.51. The van der Waals surface area contributed by atoms with Gasteiger partial charge in [-0.2, -0.15) is 0 Å². The van der Waals surface area contributed by atoms with Gasteiger partial charge in [-0.15, -0.1) is 15.0 Å². The van der Waals surface area contributed by atoms with E-state index in [1.807, 2.05) is 38.1 Å². The first-order valence-corrected chi connectivity index (χ1v) is 6.76. The van der Waals surface area contributed by atoms with Crippen LogP contribution in [0.2, 0.25) is 0 Å². The molecule has 0 spiro atoms. The molecule has 0 unspecified atom stereocenters. The highest BCUT2D eigenvalue weighted by Crippen LogP contribution is 2.12. The Bertz CT molecular complexity index is 566. The second-order valence-electron chi connectivity index (χ2n) is 4.16. The molecule has 0 aliphatic rings. The minimum absolute atomic E-state index is 0.0724. The highest BCUT2D eigenvalue weighted by Gasteiger charge is 2.15. The molecule has 1 aromatic carbocycles. The Kier molecular flexibility index (Phi) is 4.26. The summed E-state index contributed by atoms with van der Waals surface area (Å²) >= 11 is 3.35. The first-order valence-electron chi connectivity index (χ1n) is 5.97. The van der Waals surface area contributed by atoms with E-state index in [0.29, 0.717) is 0 Å². The number of carbonyl (C=O) groups is 1. The number of amides is 1. The van der Waals surface area contributed by atoms with Crippen molar-refractivity contribution in [2.24, 2.45) is 0 Å². The van der Waals surface area contributed by atoms with Crippen molar-refractivity contribution in [3.63, 3.8) is 0 Å². The van der Waals surface area contributed by atoms with Gasteiger partial charge in [0.2, 0.25) is 0 Å². The van der Waals surface area contributed by atoms with Crippen LogP contribution in [0.3, 0.4) is 0 Å². The summed E-state index contributed by atoms with van der Waals surface area (Å²) in [4.78, 5) is 13.1. The average molecular weight is 324 g/mol. The SMILES string of the molecule is CC[C@H](C)NC(=O)c1nnn(-c2ccc(Br)cc2)n1. The summed E-state index contributed by atoms with van der Waals surface area (Å²) in [5.74, 6) is -0.235. The summed E-state index contributed by atoms with van der Waals surface area (Å²) in [5, 5.41) is 14.5. The lowest BCUT2D eigenvalue weighted by molar-refractivity contribution is 0.0928. The predicted molar refractivity (Wildman–Crippen MR) is 74.1 cm³/mol. The van der Waals surface area contributed by atoms with Crippen LogP contribution in [-0.2, 0) is 0 Å². The normalized spacial score (nSPS) is 12.2. The molecule has 1 N–H and O–H groups in total. The second-order valence-corrected chi connectivity index (χ2v) is 5.08. The van der Waals surface area contributed by atoms with Crippen molar-refractivity contribution in [3.8, 4) is 5.69 Å². The summed E-state index contributed by atoms with van der Waals surface area (Å²) in [7, 11) is 0. The third kappa shape index (κ3) is 3.37. The zero-order chi connectivity index (χ0) is 13.8. The molecular formula is C12H14BrN5O. The fraction of sp³-hybridized carbons (Fsp3) is 0.333. The van der Waals surface area contributed by atoms with Gasteiger partial charge in [0.25, 0.3) is 11.7 Å². The molecule has 7 heteroatoms. The lowest BCUT2D eigenvalue weighted by Crippen LogP contribution is -2.32. The fourth-order valence-corrected chi connectivity index (χ4v) is 1.64. The third-order valence-corrected chi connectivity index (χ3v) is 3.19. The minimum atomic E-state index is -0.308. The van der Waals surface area contributed by atoms with Crippen LogP contribution in [0.5, 0.6) is 0 Å². The Labute approximate surface area is 119 Å². The molecule has 1 heterocycles. The van der Waals surface area contributed by atoms with Crippen molar-refractivity contribution in [1.82, 2.24) is 25.5 Å². The van der Waals surface area contributed by atoms with Gasteiger partial charge >= 0.3 is 0 Å². The van der Waals surface area contributed by atoms with Crippen LogP contribution in [0.1, 0.15) is 30.9 Å². The number of carbonyl (C=O) groups excluding carboxylic acids is 1. The van der Waals surface area contributed by atoms with Gasteiger partial charge in [0, 0.05) is 10.5 Å². The molecule has 6 nitrogen and oxygen atoms in total. The Morgan fingerprint density at radius 1 is 1.42 bits per heavy atom. The van der Waals surface area contributed by atoms with E-state index < -0.39 is 0 Å². The Morgan fingerprint density at radius 2 is 2.11 bits per heavy atom. The molecule has 2 rings (SSSR count). The number of tetrazole rings is 1. The third-order valence-electron chi connectivity index (χ3n) is 2.66. The first-order chi connectivity index (χ1) is 9.10. The molecule has 0 saturated heterocycles. The van der Waals surface area contributed by atoms with Crippen LogP contribution in [0.25, 0.3) is 5.69 Å². The van der Waals surface area contributed by atoms with E-state index in [2.05, 4.69) is 36.7 Å². The van der Waals surface area contributed by atoms with Crippen LogP contribution in [0, 0.1) is 0 Å². The van der Waals surface area contributed by atoms with Crippen molar-refractivity contribution in [2.45, 2.75) is 26.3 Å². The van der Waals surface area contributed by atoms with E-state index >= 15 is 0 Å². The number of hydrogen-bond acceptors (Lipinski definition) is 4. The van der Waals surface area contributed by atoms with E-state index in [1.165, 1.54) is 4.80 Å². The van der Waals surface area contributed by atoms with Crippen molar-refractivity contribution >= 4 is 21.8 Å². The lowest BCUT2D eigenvalue weighted by atomic mass is 10.2. The topological polar surface area (TPSA) is 72.7 Å². The average Bonchev–Trinajstić information content (AvgIpc) is 2.89. The van der Waals surface area contributed by atoms with Crippen LogP contribution in [0.15, 0.2) is 28.7 Å². The quantitative estimate of drug-likeness (QED) is 0.933. The molecule has 1 atom stereocenters. The van der Waals surface area contributed by atoms with E-state index in [9.17, 15) is 4.79 Å². The van der Waals surface area contributed by atoms with E-state index in [4.69, 9.17) is 0 Å².